The molecule has 0 radical (unpaired) electrons. The number of phosphoric acid groups is 1. The first kappa shape index (κ1) is 39.7. The molecule has 1 aliphatic rings. The van der Waals surface area contributed by atoms with Gasteiger partial charge in [-0.1, -0.05) is 67.6 Å². The van der Waals surface area contributed by atoms with Crippen molar-refractivity contribution >= 4 is 31.7 Å². The summed E-state index contributed by atoms with van der Waals surface area (Å²) in [7, 11) is -4.63. The van der Waals surface area contributed by atoms with Crippen LogP contribution < -0.4 is 10.6 Å². The number of nitrogens with one attached hydrogen (secondary N) is 2. The number of benzene rings is 2. The summed E-state index contributed by atoms with van der Waals surface area (Å²) in [5.74, 6) is -5.56. The number of hydrogen-bond acceptors (Lipinski definition) is 10. The van der Waals surface area contributed by atoms with Gasteiger partial charge in [-0.05, 0) is 49.7 Å². The Kier molecular flexibility index (Phi) is 15.3. The van der Waals surface area contributed by atoms with E-state index in [1.54, 1.807) is 6.92 Å². The van der Waals surface area contributed by atoms with Gasteiger partial charge in [0, 0.05) is 30.6 Å². The van der Waals surface area contributed by atoms with E-state index in [9.17, 15) is 49.1 Å². The molecule has 49 heavy (non-hydrogen) atoms. The zero-order valence-corrected chi connectivity index (χ0v) is 28.2. The van der Waals surface area contributed by atoms with Crippen molar-refractivity contribution in [3.63, 3.8) is 0 Å². The lowest BCUT2D eigenvalue weighted by molar-refractivity contribution is -0.151. The van der Waals surface area contributed by atoms with Crippen LogP contribution in [-0.2, 0) is 38.2 Å². The first-order valence-electron chi connectivity index (χ1n) is 16.1. The van der Waals surface area contributed by atoms with Crippen LogP contribution in [0.15, 0.2) is 60.7 Å². The lowest BCUT2D eigenvalue weighted by atomic mass is 9.65. The summed E-state index contributed by atoms with van der Waals surface area (Å²) in [6.45, 7) is 0.0966. The highest BCUT2D eigenvalue weighted by Crippen LogP contribution is 2.51. The minimum atomic E-state index is -4.63. The van der Waals surface area contributed by atoms with Crippen LogP contribution in [0, 0.1) is 0 Å². The Bertz CT molecular complexity index is 1370. The molecule has 7 N–H and O–H groups in total. The molecule has 1 fully saturated rings. The molecule has 15 nitrogen and oxygen atoms in total. The van der Waals surface area contributed by atoms with E-state index in [2.05, 4.69) is 34.9 Å². The maximum Gasteiger partial charge on any atom is 0.472 e. The summed E-state index contributed by atoms with van der Waals surface area (Å²) in [5, 5.41) is 42.3. The highest BCUT2D eigenvalue weighted by molar-refractivity contribution is 7.47. The van der Waals surface area contributed by atoms with Crippen LogP contribution in [0.2, 0.25) is 0 Å². The molecule has 1 aliphatic carbocycles. The van der Waals surface area contributed by atoms with E-state index in [4.69, 9.17) is 9.05 Å². The van der Waals surface area contributed by atoms with Gasteiger partial charge in [0.2, 0.25) is 6.04 Å². The Morgan fingerprint density at radius 3 is 1.92 bits per heavy atom. The largest absolute Gasteiger partial charge is 0.480 e. The number of carboxylic acids is 4. The fraction of sp³-hybridized carbons (Fsp3) is 0.515. The molecule has 0 heterocycles. The molecule has 0 amide bonds. The Labute approximate surface area is 284 Å². The van der Waals surface area contributed by atoms with Crippen molar-refractivity contribution in [2.75, 3.05) is 32.8 Å². The van der Waals surface area contributed by atoms with Crippen molar-refractivity contribution in [1.29, 1.82) is 0 Å². The number of aliphatic carboxylic acids is 4. The summed E-state index contributed by atoms with van der Waals surface area (Å²) < 4.78 is 24.0. The third-order valence-corrected chi connectivity index (χ3v) is 9.76. The van der Waals surface area contributed by atoms with Crippen molar-refractivity contribution in [3.8, 4) is 0 Å². The maximum atomic E-state index is 13.1. The molecule has 3 rings (SSSR count). The highest BCUT2D eigenvalue weighted by atomic mass is 31.2. The van der Waals surface area contributed by atoms with E-state index >= 15 is 0 Å². The average molecular weight is 708 g/mol. The van der Waals surface area contributed by atoms with E-state index in [0.29, 0.717) is 32.1 Å². The van der Waals surface area contributed by atoms with Crippen LogP contribution in [0.3, 0.4) is 0 Å². The van der Waals surface area contributed by atoms with Crippen LogP contribution >= 0.6 is 7.82 Å². The lowest BCUT2D eigenvalue weighted by Gasteiger charge is -2.41. The summed E-state index contributed by atoms with van der Waals surface area (Å²) in [5.41, 5.74) is 1.99. The van der Waals surface area contributed by atoms with Gasteiger partial charge in [0.25, 0.3) is 0 Å². The Morgan fingerprint density at radius 1 is 0.898 bits per heavy atom. The van der Waals surface area contributed by atoms with Crippen LogP contribution in [0.1, 0.15) is 56.6 Å². The second-order valence-electron chi connectivity index (χ2n) is 12.2. The third kappa shape index (κ3) is 12.6. The number of nitrogens with zero attached hydrogens (tertiary/aromatic N) is 1. The first-order chi connectivity index (χ1) is 23.2. The summed E-state index contributed by atoms with van der Waals surface area (Å²) >= 11 is 0. The predicted molar refractivity (Wildman–Crippen MR) is 177 cm³/mol. The van der Waals surface area contributed by atoms with Crippen molar-refractivity contribution in [1.82, 2.24) is 15.5 Å². The molecule has 0 saturated heterocycles. The number of phosphoric ester groups is 1. The molecule has 16 heteroatoms. The van der Waals surface area contributed by atoms with Gasteiger partial charge in [0.15, 0.2) is 0 Å². The molecule has 2 aromatic carbocycles. The first-order valence-corrected chi connectivity index (χ1v) is 17.6. The summed E-state index contributed by atoms with van der Waals surface area (Å²) in [6, 6.07) is 16.8. The van der Waals surface area contributed by atoms with E-state index < -0.39 is 75.6 Å². The lowest BCUT2D eigenvalue weighted by Crippen LogP contribution is -2.50. The van der Waals surface area contributed by atoms with Gasteiger partial charge in [-0.15, -0.1) is 0 Å². The molecule has 0 bridgehead atoms. The number of carbonyl (C=O) groups is 4. The number of hydrogen-bond donors (Lipinski definition) is 7. The van der Waals surface area contributed by atoms with Gasteiger partial charge in [-0.3, -0.25) is 28.9 Å². The van der Waals surface area contributed by atoms with Crippen molar-refractivity contribution in [2.24, 2.45) is 0 Å². The standard InChI is InChI=1S/C33H46N3O12P/c1-2-25(35-30(31(41)42)32(43)44)15-18-36(21-29(39)40)20-26(34-19-28(37)38)22-47-49(45,46)48-27-13-16-33(17-14-27,23-9-5-3-6-10-23)24-11-7-4-8-12-24/h3-12,25-27,30,34-35H,2,13-22H2,1H3,(H,37,38)(H,39,40)(H,41,42)(H,43,44)(H,45,46). The van der Waals surface area contributed by atoms with Gasteiger partial charge < -0.3 is 30.6 Å². The molecule has 3 unspecified atom stereocenters. The van der Waals surface area contributed by atoms with Gasteiger partial charge >= 0.3 is 31.7 Å². The number of carboxylic acid groups (broad SMARTS) is 4. The van der Waals surface area contributed by atoms with E-state index in [-0.39, 0.29) is 24.9 Å². The minimum Gasteiger partial charge on any atom is -0.480 e. The second kappa shape index (κ2) is 18.9. The predicted octanol–water partition coefficient (Wildman–Crippen LogP) is 2.77. The maximum absolute atomic E-state index is 13.1. The van der Waals surface area contributed by atoms with Gasteiger partial charge in [-0.2, -0.15) is 0 Å². The zero-order chi connectivity index (χ0) is 36.0. The molecule has 0 aromatic heterocycles. The molecule has 3 atom stereocenters. The smallest absolute Gasteiger partial charge is 0.472 e. The van der Waals surface area contributed by atoms with Crippen molar-refractivity contribution in [3.05, 3.63) is 71.8 Å². The van der Waals surface area contributed by atoms with Crippen LogP contribution in [0.5, 0.6) is 0 Å². The monoisotopic (exact) mass is 707 g/mol. The molecular formula is C33H46N3O12P. The SMILES string of the molecule is CCC(CCN(CC(=O)O)CC(COP(=O)(O)OC1CCC(c2ccccc2)(c2ccccc2)CC1)NCC(=O)O)NC(C(=O)O)C(=O)O. The van der Waals surface area contributed by atoms with Crippen LogP contribution in [0.4, 0.5) is 0 Å². The third-order valence-electron chi connectivity index (χ3n) is 8.72. The van der Waals surface area contributed by atoms with Gasteiger partial charge in [0.1, 0.15) is 0 Å². The molecule has 0 aliphatic heterocycles. The Balaban J connectivity index is 1.64. The van der Waals surface area contributed by atoms with Gasteiger partial charge in [-0.25, -0.2) is 14.2 Å². The highest BCUT2D eigenvalue weighted by Gasteiger charge is 2.41. The molecule has 2 aromatic rings. The molecular weight excluding hydrogens is 661 g/mol. The van der Waals surface area contributed by atoms with E-state index in [1.807, 2.05) is 36.4 Å². The summed E-state index contributed by atoms with van der Waals surface area (Å²) in [6.07, 6.45) is 2.18. The number of rotatable bonds is 22. The van der Waals surface area contributed by atoms with Crippen molar-refractivity contribution < 1.29 is 58.1 Å². The quantitative estimate of drug-likeness (QED) is 0.0689. The fourth-order valence-corrected chi connectivity index (χ4v) is 7.24. The molecule has 270 valence electrons. The minimum absolute atomic E-state index is 0.0506. The molecule has 0 spiro atoms. The Morgan fingerprint density at radius 2 is 1.45 bits per heavy atom. The van der Waals surface area contributed by atoms with E-state index in [0.717, 1.165) is 11.1 Å². The normalized spacial score (nSPS) is 17.3. The van der Waals surface area contributed by atoms with Crippen LogP contribution in [0.25, 0.3) is 0 Å². The van der Waals surface area contributed by atoms with Crippen molar-refractivity contribution in [2.45, 2.75) is 75.1 Å². The van der Waals surface area contributed by atoms with E-state index in [1.165, 1.54) is 4.90 Å². The van der Waals surface area contributed by atoms with Crippen LogP contribution in [-0.4, -0.2) is 111 Å². The van der Waals surface area contributed by atoms with Gasteiger partial charge in [0.05, 0.1) is 25.8 Å². The second-order valence-corrected chi connectivity index (χ2v) is 13.6. The zero-order valence-electron chi connectivity index (χ0n) is 27.3. The summed E-state index contributed by atoms with van der Waals surface area (Å²) in [4.78, 5) is 57.7. The Hall–Kier alpha value is -3.69. The fourth-order valence-electron chi connectivity index (χ4n) is 6.22. The molecule has 1 saturated carbocycles. The average Bonchev–Trinajstić information content (AvgIpc) is 3.06. The topological polar surface area (TPSA) is 232 Å².